The van der Waals surface area contributed by atoms with Crippen molar-refractivity contribution in [2.45, 2.75) is 31.7 Å². The molecular weight excluding hydrogens is 228 g/mol. The lowest BCUT2D eigenvalue weighted by molar-refractivity contribution is 0.100. The van der Waals surface area contributed by atoms with Crippen molar-refractivity contribution in [1.29, 1.82) is 0 Å². The first kappa shape index (κ1) is 11.3. The van der Waals surface area contributed by atoms with Crippen molar-refractivity contribution in [3.63, 3.8) is 0 Å². The van der Waals surface area contributed by atoms with Gasteiger partial charge in [-0.2, -0.15) is 0 Å². The molecule has 0 atom stereocenters. The molecule has 0 spiro atoms. The Morgan fingerprint density at radius 2 is 2.11 bits per heavy atom. The van der Waals surface area contributed by atoms with Crippen LogP contribution in [0.15, 0.2) is 12.3 Å². The van der Waals surface area contributed by atoms with E-state index in [0.717, 1.165) is 18.2 Å². The molecule has 2 fully saturated rings. The molecule has 4 N–H and O–H groups in total. The fourth-order valence-electron chi connectivity index (χ4n) is 2.30. The summed E-state index contributed by atoms with van der Waals surface area (Å²) in [6.07, 6.45) is 6.65. The first-order valence-electron chi connectivity index (χ1n) is 6.47. The molecule has 0 aromatic carbocycles. The van der Waals surface area contributed by atoms with E-state index in [9.17, 15) is 4.79 Å². The minimum Gasteiger partial charge on any atom is -0.384 e. The van der Waals surface area contributed by atoms with Crippen molar-refractivity contribution in [2.24, 2.45) is 11.7 Å². The minimum atomic E-state index is -0.430. The van der Waals surface area contributed by atoms with E-state index in [2.05, 4.69) is 9.88 Å². The molecule has 0 aliphatic heterocycles. The van der Waals surface area contributed by atoms with Crippen LogP contribution in [0, 0.1) is 5.92 Å². The van der Waals surface area contributed by atoms with E-state index >= 15 is 0 Å². The number of hydrogen-bond acceptors (Lipinski definition) is 4. The van der Waals surface area contributed by atoms with Crippen LogP contribution >= 0.6 is 0 Å². The summed E-state index contributed by atoms with van der Waals surface area (Å²) in [5.41, 5.74) is 12.4. The fourth-order valence-corrected chi connectivity index (χ4v) is 2.30. The van der Waals surface area contributed by atoms with Crippen LogP contribution in [0.2, 0.25) is 0 Å². The summed E-state index contributed by atoms with van der Waals surface area (Å²) in [5.74, 6) is 0.680. The van der Waals surface area contributed by atoms with Gasteiger partial charge < -0.3 is 16.4 Å². The Balaban J connectivity index is 1.93. The summed E-state index contributed by atoms with van der Waals surface area (Å²) >= 11 is 0. The number of anilines is 2. The van der Waals surface area contributed by atoms with E-state index < -0.39 is 5.91 Å². The van der Waals surface area contributed by atoms with Crippen LogP contribution < -0.4 is 16.4 Å². The second kappa shape index (κ2) is 4.15. The average Bonchev–Trinajstić information content (AvgIpc) is 3.19. The van der Waals surface area contributed by atoms with E-state index in [4.69, 9.17) is 11.5 Å². The van der Waals surface area contributed by atoms with Crippen molar-refractivity contribution < 1.29 is 4.79 Å². The normalized spacial score (nSPS) is 18.7. The third-order valence-corrected chi connectivity index (χ3v) is 3.62. The van der Waals surface area contributed by atoms with Gasteiger partial charge in [0.1, 0.15) is 5.82 Å². The Kier molecular flexibility index (Phi) is 2.61. The molecule has 0 unspecified atom stereocenters. The standard InChI is InChI=1S/C13H18N4O/c14-12-5-10(13(15)18)11(6-16-12)17(9-3-4-9)7-8-1-2-8/h5-6,8-9H,1-4,7H2,(H2,14,16)(H2,15,18). The summed E-state index contributed by atoms with van der Waals surface area (Å²) in [6, 6.07) is 2.13. The Hall–Kier alpha value is -1.78. The predicted octanol–water partition coefficient (Wildman–Crippen LogP) is 1.14. The fraction of sp³-hybridized carbons (Fsp3) is 0.538. The maximum Gasteiger partial charge on any atom is 0.251 e. The zero-order valence-electron chi connectivity index (χ0n) is 10.3. The smallest absolute Gasteiger partial charge is 0.251 e. The Labute approximate surface area is 106 Å². The maximum atomic E-state index is 11.5. The Bertz CT molecular complexity index is 480. The van der Waals surface area contributed by atoms with Gasteiger partial charge in [0.2, 0.25) is 0 Å². The van der Waals surface area contributed by atoms with Gasteiger partial charge in [0, 0.05) is 12.6 Å². The lowest BCUT2D eigenvalue weighted by Crippen LogP contribution is -2.30. The lowest BCUT2D eigenvalue weighted by atomic mass is 10.1. The molecule has 2 aliphatic rings. The molecular formula is C13H18N4O. The summed E-state index contributed by atoms with van der Waals surface area (Å²) in [7, 11) is 0. The van der Waals surface area contributed by atoms with Gasteiger partial charge >= 0.3 is 0 Å². The lowest BCUT2D eigenvalue weighted by Gasteiger charge is -2.26. The molecule has 1 amide bonds. The number of hydrogen-bond donors (Lipinski definition) is 2. The monoisotopic (exact) mass is 246 g/mol. The molecule has 96 valence electrons. The third kappa shape index (κ3) is 2.25. The van der Waals surface area contributed by atoms with Gasteiger partial charge in [0.15, 0.2) is 0 Å². The molecule has 2 aliphatic carbocycles. The van der Waals surface area contributed by atoms with Crippen molar-refractivity contribution >= 4 is 17.4 Å². The SMILES string of the molecule is NC(=O)c1cc(N)ncc1N(CC1CC1)C1CC1. The molecule has 18 heavy (non-hydrogen) atoms. The van der Waals surface area contributed by atoms with E-state index in [1.165, 1.54) is 25.7 Å². The van der Waals surface area contributed by atoms with E-state index in [0.29, 0.717) is 17.4 Å². The second-order valence-corrected chi connectivity index (χ2v) is 5.32. The molecule has 3 rings (SSSR count). The first-order valence-corrected chi connectivity index (χ1v) is 6.47. The van der Waals surface area contributed by atoms with Crippen molar-refractivity contribution in [3.05, 3.63) is 17.8 Å². The highest BCUT2D eigenvalue weighted by Gasteiger charge is 2.35. The van der Waals surface area contributed by atoms with Crippen molar-refractivity contribution in [2.75, 3.05) is 17.2 Å². The van der Waals surface area contributed by atoms with Crippen LogP contribution in [-0.4, -0.2) is 23.5 Å². The van der Waals surface area contributed by atoms with Gasteiger partial charge in [-0.1, -0.05) is 0 Å². The molecule has 2 saturated carbocycles. The largest absolute Gasteiger partial charge is 0.384 e. The summed E-state index contributed by atoms with van der Waals surface area (Å²) in [4.78, 5) is 17.9. The summed E-state index contributed by atoms with van der Waals surface area (Å²) in [5, 5.41) is 0. The highest BCUT2D eigenvalue weighted by Crippen LogP contribution is 2.38. The van der Waals surface area contributed by atoms with Crippen LogP contribution in [0.1, 0.15) is 36.0 Å². The van der Waals surface area contributed by atoms with Crippen LogP contribution in [-0.2, 0) is 0 Å². The molecule has 1 aromatic heterocycles. The number of rotatable bonds is 5. The number of pyridine rings is 1. The van der Waals surface area contributed by atoms with Gasteiger partial charge in [-0.25, -0.2) is 4.98 Å². The Morgan fingerprint density at radius 1 is 1.39 bits per heavy atom. The van der Waals surface area contributed by atoms with Crippen LogP contribution in [0.5, 0.6) is 0 Å². The van der Waals surface area contributed by atoms with Gasteiger partial charge in [-0.05, 0) is 37.7 Å². The topological polar surface area (TPSA) is 85.2 Å². The van der Waals surface area contributed by atoms with E-state index in [-0.39, 0.29) is 0 Å². The molecule has 0 saturated heterocycles. The third-order valence-electron chi connectivity index (χ3n) is 3.62. The summed E-state index contributed by atoms with van der Waals surface area (Å²) in [6.45, 7) is 1.01. The van der Waals surface area contributed by atoms with Crippen molar-refractivity contribution in [1.82, 2.24) is 4.98 Å². The molecule has 0 bridgehead atoms. The van der Waals surface area contributed by atoms with Crippen molar-refractivity contribution in [3.8, 4) is 0 Å². The number of carbonyl (C=O) groups excluding carboxylic acids is 1. The highest BCUT2D eigenvalue weighted by atomic mass is 16.1. The minimum absolute atomic E-state index is 0.342. The zero-order chi connectivity index (χ0) is 12.7. The number of nitrogens with zero attached hydrogens (tertiary/aromatic N) is 2. The quantitative estimate of drug-likeness (QED) is 0.815. The molecule has 1 heterocycles. The average molecular weight is 246 g/mol. The number of aromatic nitrogens is 1. The number of amides is 1. The summed E-state index contributed by atoms with van der Waals surface area (Å²) < 4.78 is 0. The molecule has 5 heteroatoms. The van der Waals surface area contributed by atoms with Crippen LogP contribution in [0.3, 0.4) is 0 Å². The van der Waals surface area contributed by atoms with E-state index in [1.807, 2.05) is 0 Å². The zero-order valence-corrected chi connectivity index (χ0v) is 10.3. The molecule has 5 nitrogen and oxygen atoms in total. The van der Waals surface area contributed by atoms with Crippen LogP contribution in [0.25, 0.3) is 0 Å². The molecule has 1 aromatic rings. The first-order chi connectivity index (χ1) is 8.65. The number of nitrogen functional groups attached to an aromatic ring is 1. The second-order valence-electron chi connectivity index (χ2n) is 5.32. The highest BCUT2D eigenvalue weighted by molar-refractivity contribution is 5.99. The van der Waals surface area contributed by atoms with Gasteiger partial charge in [0.05, 0.1) is 17.4 Å². The number of carbonyl (C=O) groups is 1. The molecule has 0 radical (unpaired) electrons. The predicted molar refractivity (Wildman–Crippen MR) is 70.3 cm³/mol. The van der Waals surface area contributed by atoms with Gasteiger partial charge in [-0.3, -0.25) is 4.79 Å². The van der Waals surface area contributed by atoms with E-state index in [1.54, 1.807) is 12.3 Å². The van der Waals surface area contributed by atoms with Gasteiger partial charge in [0.25, 0.3) is 5.91 Å². The maximum absolute atomic E-state index is 11.5. The number of nitrogens with two attached hydrogens (primary N) is 2. The Morgan fingerprint density at radius 3 is 2.67 bits per heavy atom. The van der Waals surface area contributed by atoms with Crippen LogP contribution in [0.4, 0.5) is 11.5 Å². The number of primary amides is 1. The van der Waals surface area contributed by atoms with Gasteiger partial charge in [-0.15, -0.1) is 0 Å².